The third kappa shape index (κ3) is 12.9. The molecule has 0 aromatic rings. The van der Waals surface area contributed by atoms with Crippen LogP contribution < -0.4 is 41.0 Å². The number of nitrogens with two attached hydrogens (primary N) is 2. The minimum absolute atomic E-state index is 0. The van der Waals surface area contributed by atoms with Crippen molar-refractivity contribution in [2.45, 2.75) is 19.1 Å². The van der Waals surface area contributed by atoms with Crippen LogP contribution in [0.1, 0.15) is 12.8 Å². The topological polar surface area (TPSA) is 171 Å². The van der Waals surface area contributed by atoms with Crippen LogP contribution in [0.15, 0.2) is 0 Å². The average Bonchev–Trinajstić information content (AvgIpc) is 2.10. The molecule has 0 amide bonds. The van der Waals surface area contributed by atoms with Gasteiger partial charge in [-0.3, -0.25) is 0 Å². The van der Waals surface area contributed by atoms with E-state index < -0.39 is 27.0 Å². The van der Waals surface area contributed by atoms with E-state index in [4.69, 9.17) is 11.5 Å². The van der Waals surface area contributed by atoms with Crippen LogP contribution in [0.5, 0.6) is 0 Å². The van der Waals surface area contributed by atoms with Gasteiger partial charge < -0.3 is 16.0 Å². The van der Waals surface area contributed by atoms with Crippen LogP contribution in [0.25, 0.3) is 0 Å². The van der Waals surface area contributed by atoms with E-state index in [0.29, 0.717) is 6.42 Å². The molecule has 0 rings (SSSR count). The summed E-state index contributed by atoms with van der Waals surface area (Å²) in [5.41, 5.74) is 10.3. The Balaban J connectivity index is 0. The molecule has 0 heterocycles. The Morgan fingerprint density at radius 3 is 2.12 bits per heavy atom. The molecule has 0 aromatic carbocycles. The van der Waals surface area contributed by atoms with Gasteiger partial charge in [-0.2, -0.15) is 8.42 Å². The Hall–Kier alpha value is 0.660. The second kappa shape index (κ2) is 8.71. The second-order valence-corrected chi connectivity index (χ2v) is 4.62. The molecule has 0 saturated heterocycles. The van der Waals surface area contributed by atoms with Gasteiger partial charge in [-0.05, 0) is 19.4 Å². The minimum atomic E-state index is -5.30. The number of hydrogen-bond donors (Lipinski definition) is 2. The first-order valence-corrected chi connectivity index (χ1v) is 6.55. The summed E-state index contributed by atoms with van der Waals surface area (Å²) in [4.78, 5) is 0. The first-order chi connectivity index (χ1) is 7.16. The molecule has 0 spiro atoms. The molecule has 0 bridgehead atoms. The van der Waals surface area contributed by atoms with Crippen molar-refractivity contribution in [3.05, 3.63) is 0 Å². The number of rotatable bonds is 8. The SMILES string of the molecule is NCCCC(N)OS(=O)(=O)OOS(=O)(=O)[O-].[Na+]. The zero-order valence-corrected chi connectivity index (χ0v) is 12.6. The van der Waals surface area contributed by atoms with Crippen LogP contribution in [0.3, 0.4) is 0 Å². The molecule has 0 aromatic heterocycles. The van der Waals surface area contributed by atoms with Crippen molar-refractivity contribution in [3.63, 3.8) is 0 Å². The summed E-state index contributed by atoms with van der Waals surface area (Å²) in [6.45, 7) is 0.267. The van der Waals surface area contributed by atoms with Gasteiger partial charge in [0.2, 0.25) is 10.4 Å². The predicted molar refractivity (Wildman–Crippen MR) is 48.1 cm³/mol. The molecule has 1 unspecified atom stereocenters. The summed E-state index contributed by atoms with van der Waals surface area (Å²) in [6.07, 6.45) is -0.785. The van der Waals surface area contributed by atoms with Gasteiger partial charge in [0.1, 0.15) is 6.23 Å². The molecule has 10 nitrogen and oxygen atoms in total. The zero-order chi connectivity index (χ0) is 12.8. The summed E-state index contributed by atoms with van der Waals surface area (Å²) in [5.74, 6) is 0. The fourth-order valence-electron chi connectivity index (χ4n) is 0.603. The van der Waals surface area contributed by atoms with Crippen LogP contribution in [0.4, 0.5) is 0 Å². The van der Waals surface area contributed by atoms with E-state index in [1.54, 1.807) is 0 Å². The molecule has 1 atom stereocenters. The molecular weight excluding hydrogens is 291 g/mol. The monoisotopic (exact) mass is 302 g/mol. The maximum atomic E-state index is 10.8. The molecule has 4 N–H and O–H groups in total. The first kappa shape index (κ1) is 20.0. The van der Waals surface area contributed by atoms with Crippen molar-refractivity contribution in [2.75, 3.05) is 6.54 Å². The van der Waals surface area contributed by atoms with Gasteiger partial charge in [0.05, 0.1) is 0 Å². The van der Waals surface area contributed by atoms with Crippen LogP contribution in [-0.2, 0) is 33.6 Å². The molecular formula is C4H11N2NaO8S2. The van der Waals surface area contributed by atoms with Crippen molar-refractivity contribution >= 4 is 20.8 Å². The Morgan fingerprint density at radius 1 is 1.18 bits per heavy atom. The average molecular weight is 302 g/mol. The van der Waals surface area contributed by atoms with E-state index in [0.717, 1.165) is 0 Å². The number of hydrogen-bond acceptors (Lipinski definition) is 10. The molecule has 98 valence electrons. The van der Waals surface area contributed by atoms with Crippen LogP contribution in [0.2, 0.25) is 0 Å². The van der Waals surface area contributed by atoms with Crippen LogP contribution >= 0.6 is 0 Å². The van der Waals surface area contributed by atoms with Gasteiger partial charge in [-0.1, -0.05) is 8.67 Å². The van der Waals surface area contributed by atoms with Gasteiger partial charge in [0.25, 0.3) is 0 Å². The van der Waals surface area contributed by atoms with Crippen molar-refractivity contribution < 1.29 is 63.8 Å². The van der Waals surface area contributed by atoms with E-state index >= 15 is 0 Å². The fraction of sp³-hybridized carbons (Fsp3) is 1.00. The van der Waals surface area contributed by atoms with Gasteiger partial charge in [-0.15, -0.1) is 0 Å². The summed E-state index contributed by atoms with van der Waals surface area (Å²) in [7, 11) is -10.1. The Bertz CT molecular complexity index is 394. The van der Waals surface area contributed by atoms with E-state index in [-0.39, 0.29) is 42.5 Å². The van der Waals surface area contributed by atoms with Crippen LogP contribution in [0, 0.1) is 0 Å². The van der Waals surface area contributed by atoms with E-state index in [1.807, 2.05) is 0 Å². The van der Waals surface area contributed by atoms with E-state index in [1.165, 1.54) is 0 Å². The maximum absolute atomic E-state index is 10.8. The Labute approximate surface area is 121 Å². The quantitative estimate of drug-likeness (QED) is 0.110. The Morgan fingerprint density at radius 2 is 1.71 bits per heavy atom. The van der Waals surface area contributed by atoms with Crippen molar-refractivity contribution in [3.8, 4) is 0 Å². The molecule has 0 aliphatic heterocycles. The van der Waals surface area contributed by atoms with E-state index in [9.17, 15) is 21.4 Å². The van der Waals surface area contributed by atoms with Gasteiger partial charge in [-0.25, -0.2) is 12.6 Å². The minimum Gasteiger partial charge on any atom is -0.724 e. The van der Waals surface area contributed by atoms with Gasteiger partial charge in [0, 0.05) is 0 Å². The first-order valence-electron chi connectivity index (χ1n) is 3.89. The summed E-state index contributed by atoms with van der Waals surface area (Å²) in [5, 5.41) is 0. The van der Waals surface area contributed by atoms with Gasteiger partial charge >= 0.3 is 40.0 Å². The Kier molecular flexibility index (Phi) is 10.2. The molecule has 17 heavy (non-hydrogen) atoms. The summed E-state index contributed by atoms with van der Waals surface area (Å²) < 4.78 is 61.5. The fourth-order valence-corrected chi connectivity index (χ4v) is 1.58. The molecule has 0 radical (unpaired) electrons. The standard InChI is InChI=1S/C4H12N2O8S2.Na/c5-3-1-2-4(6)12-16(10,11)14-13-15(7,8)9;/h4H,1-3,5-6H2,(H,7,8,9);/q;+1/p-1. The summed E-state index contributed by atoms with van der Waals surface area (Å²) >= 11 is 0. The predicted octanol–water partition coefficient (Wildman–Crippen LogP) is -5.32. The van der Waals surface area contributed by atoms with Gasteiger partial charge in [0.15, 0.2) is 0 Å². The molecule has 0 aliphatic rings. The molecule has 0 fully saturated rings. The summed E-state index contributed by atoms with van der Waals surface area (Å²) in [6, 6.07) is 0. The molecule has 0 aliphatic carbocycles. The second-order valence-electron chi connectivity index (χ2n) is 2.52. The van der Waals surface area contributed by atoms with E-state index in [2.05, 4.69) is 12.9 Å². The molecule has 13 heteroatoms. The largest absolute Gasteiger partial charge is 1.00 e. The van der Waals surface area contributed by atoms with Crippen LogP contribution in [-0.4, -0.2) is 34.2 Å². The molecule has 0 saturated carbocycles. The van der Waals surface area contributed by atoms with Crippen molar-refractivity contribution in [2.24, 2.45) is 11.5 Å². The third-order valence-electron chi connectivity index (χ3n) is 1.13. The third-order valence-corrected chi connectivity index (χ3v) is 2.17. The maximum Gasteiger partial charge on any atom is 1.00 e. The smallest absolute Gasteiger partial charge is 0.724 e. The zero-order valence-electron chi connectivity index (χ0n) is 8.94. The normalized spacial score (nSPS) is 14.1. The van der Waals surface area contributed by atoms with Crippen molar-refractivity contribution in [1.29, 1.82) is 0 Å². The van der Waals surface area contributed by atoms with Crippen molar-refractivity contribution in [1.82, 2.24) is 0 Å².